The second-order valence-electron chi connectivity index (χ2n) is 14.8. The predicted octanol–water partition coefficient (Wildman–Crippen LogP) is 11.7. The van der Waals surface area contributed by atoms with Crippen LogP contribution in [0.25, 0.3) is 5.57 Å². The summed E-state index contributed by atoms with van der Waals surface area (Å²) in [6.07, 6.45) is 6.37. The first kappa shape index (κ1) is 38.3. The molecule has 3 nitrogen and oxygen atoms in total. The minimum Gasteiger partial charge on any atom is -0.418 e. The van der Waals surface area contributed by atoms with Crippen molar-refractivity contribution in [2.45, 2.75) is 110 Å². The zero-order valence-electron chi connectivity index (χ0n) is 28.1. The first-order valence-corrected chi connectivity index (χ1v) is 16.8. The summed E-state index contributed by atoms with van der Waals surface area (Å²) < 4.78 is 45.2. The summed E-state index contributed by atoms with van der Waals surface area (Å²) in [5.41, 5.74) is 11.3. The van der Waals surface area contributed by atoms with Crippen molar-refractivity contribution < 1.29 is 26.5 Å². The number of carbonyl (C=O) groups excluding carboxylic acids is 1. The highest BCUT2D eigenvalue weighted by Crippen LogP contribution is 2.49. The number of halogens is 4. The van der Waals surface area contributed by atoms with E-state index in [-0.39, 0.29) is 26.1 Å². The first-order chi connectivity index (χ1) is 19.5. The fourth-order valence-electron chi connectivity index (χ4n) is 4.00. The number of nitrogens with two attached hydrogens (primary N) is 1. The molecule has 3 rings (SSSR count). The van der Waals surface area contributed by atoms with E-state index in [1.807, 2.05) is 36.9 Å². The Balaban J connectivity index is 0.00000125. The fourth-order valence-corrected chi connectivity index (χ4v) is 7.13. The molecule has 244 valence electrons. The highest BCUT2D eigenvalue weighted by atomic mass is 32.2. The van der Waals surface area contributed by atoms with Gasteiger partial charge >= 0.3 is 17.4 Å². The Hall–Kier alpha value is -1.85. The summed E-state index contributed by atoms with van der Waals surface area (Å²) in [6.45, 7) is 28.4. The molecule has 11 heteroatoms. The van der Waals surface area contributed by atoms with Crippen LogP contribution in [0.1, 0.15) is 95.6 Å². The summed E-state index contributed by atoms with van der Waals surface area (Å²) in [5.74, 6) is 0.00276. The van der Waals surface area contributed by atoms with Gasteiger partial charge in [-0.05, 0) is 86.0 Å². The van der Waals surface area contributed by atoms with Gasteiger partial charge in [-0.3, -0.25) is 4.79 Å². The van der Waals surface area contributed by atoms with Crippen molar-refractivity contribution in [1.29, 1.82) is 0 Å². The summed E-state index contributed by atoms with van der Waals surface area (Å²) in [6, 6.07) is 4.08. The number of rotatable bonds is 4. The van der Waals surface area contributed by atoms with Crippen LogP contribution < -0.4 is 5.73 Å². The monoisotopic (exact) mass is 671 g/mol. The predicted molar refractivity (Wildman–Crippen MR) is 184 cm³/mol. The molecule has 1 aromatic heterocycles. The van der Waals surface area contributed by atoms with E-state index in [2.05, 4.69) is 95.2 Å². The van der Waals surface area contributed by atoms with E-state index in [9.17, 15) is 22.1 Å². The second-order valence-corrected chi connectivity index (χ2v) is 19.6. The maximum absolute atomic E-state index is 13.5. The topological polar surface area (TPSA) is 54.4 Å². The van der Waals surface area contributed by atoms with E-state index in [4.69, 9.17) is 10.2 Å². The molecule has 0 unspecified atom stereocenters. The van der Waals surface area contributed by atoms with Crippen LogP contribution in [-0.2, 0) is 4.79 Å². The van der Waals surface area contributed by atoms with Crippen LogP contribution in [0.15, 0.2) is 77.2 Å². The maximum atomic E-state index is 13.5. The molecule has 0 saturated carbocycles. The van der Waals surface area contributed by atoms with Crippen LogP contribution >= 0.6 is 35.3 Å². The van der Waals surface area contributed by atoms with Crippen molar-refractivity contribution in [1.82, 2.24) is 0 Å². The summed E-state index contributed by atoms with van der Waals surface area (Å²) in [4.78, 5) is 16.1. The van der Waals surface area contributed by atoms with Crippen molar-refractivity contribution in [2.75, 3.05) is 0 Å². The van der Waals surface area contributed by atoms with Crippen molar-refractivity contribution in [3.63, 3.8) is 0 Å². The molecule has 0 amide bonds. The number of hydrogen-bond acceptors (Lipinski definition) is 5. The molecular formula is C33H46BF4NO2S3. The van der Waals surface area contributed by atoms with Crippen molar-refractivity contribution in [3.8, 4) is 0 Å². The fraction of sp³-hybridized carbons (Fsp3) is 0.515. The Morgan fingerprint density at radius 3 is 1.52 bits per heavy atom. The highest BCUT2D eigenvalue weighted by molar-refractivity contribution is 8.06. The molecule has 44 heavy (non-hydrogen) atoms. The molecule has 0 radical (unpaired) electrons. The normalized spacial score (nSPS) is 17.8. The number of carbonyl (C=O) groups is 1. The van der Waals surface area contributed by atoms with Crippen LogP contribution in [-0.4, -0.2) is 22.5 Å². The van der Waals surface area contributed by atoms with Gasteiger partial charge in [-0.15, -0.1) is 0 Å². The van der Waals surface area contributed by atoms with E-state index < -0.39 is 7.25 Å². The summed E-state index contributed by atoms with van der Waals surface area (Å²) in [5, 5.41) is 1.67. The molecule has 0 saturated heterocycles. The van der Waals surface area contributed by atoms with Crippen molar-refractivity contribution >= 4 is 53.9 Å². The van der Waals surface area contributed by atoms with Gasteiger partial charge in [-0.2, -0.15) is 4.42 Å². The molecule has 0 spiro atoms. The third kappa shape index (κ3) is 11.8. The number of ketones is 1. The van der Waals surface area contributed by atoms with E-state index in [0.29, 0.717) is 16.8 Å². The van der Waals surface area contributed by atoms with Gasteiger partial charge in [0, 0.05) is 20.6 Å². The molecule has 1 aromatic rings. The van der Waals surface area contributed by atoms with E-state index in [1.165, 1.54) is 9.81 Å². The van der Waals surface area contributed by atoms with E-state index in [0.717, 1.165) is 26.9 Å². The van der Waals surface area contributed by atoms with Crippen LogP contribution in [0.4, 0.5) is 17.3 Å². The summed E-state index contributed by atoms with van der Waals surface area (Å²) >= 11 is 5.21. The van der Waals surface area contributed by atoms with Crippen LogP contribution in [0.2, 0.25) is 0 Å². The average Bonchev–Trinajstić information content (AvgIpc) is 2.78. The van der Waals surface area contributed by atoms with Gasteiger partial charge in [-0.25, -0.2) is 0 Å². The first-order valence-electron chi connectivity index (χ1n) is 14.4. The van der Waals surface area contributed by atoms with E-state index >= 15 is 0 Å². The lowest BCUT2D eigenvalue weighted by atomic mass is 9.81. The lowest BCUT2D eigenvalue weighted by molar-refractivity contribution is -0.112. The number of thioether (sulfide) groups is 3. The molecule has 0 bridgehead atoms. The zero-order chi connectivity index (χ0) is 34.2. The minimum atomic E-state index is -6.00. The van der Waals surface area contributed by atoms with Crippen LogP contribution in [0, 0.1) is 10.8 Å². The zero-order valence-corrected chi connectivity index (χ0v) is 30.5. The summed E-state index contributed by atoms with van der Waals surface area (Å²) in [7, 11) is -6.00. The maximum Gasteiger partial charge on any atom is 0.673 e. The molecule has 1 aliphatic carbocycles. The van der Waals surface area contributed by atoms with E-state index in [1.54, 1.807) is 23.5 Å². The number of hydrogen-bond donors (Lipinski definition) is 1. The Labute approximate surface area is 273 Å². The standard InChI is InChI=1S/C33H45NO2S3.BF4/c1-19(21-17-25(38-32(8,9)10)36-26(18-21)39-33(11,12)13)27-28(34)22(29(27)35)14-20-15-23(30(2,3)4)37-24(16-20)31(5,6)7;2-1(3,4)5/h14-18H,1-13H3,(H-,34,35);/q;-1/p+1. The molecule has 2 heterocycles. The van der Waals surface area contributed by atoms with Gasteiger partial charge in [0.15, 0.2) is 5.78 Å². The van der Waals surface area contributed by atoms with Gasteiger partial charge in [0.25, 0.3) is 0 Å². The Bertz CT molecular complexity index is 1370. The van der Waals surface area contributed by atoms with Crippen LogP contribution in [0.3, 0.4) is 0 Å². The van der Waals surface area contributed by atoms with Crippen molar-refractivity contribution in [2.24, 2.45) is 16.6 Å². The quantitative estimate of drug-likeness (QED) is 0.113. The highest BCUT2D eigenvalue weighted by Gasteiger charge is 2.35. The van der Waals surface area contributed by atoms with Gasteiger partial charge in [0.2, 0.25) is 0 Å². The largest absolute Gasteiger partial charge is 0.673 e. The molecule has 2 aliphatic rings. The molecule has 0 fully saturated rings. The van der Waals surface area contributed by atoms with Gasteiger partial charge in [0.05, 0.1) is 17.8 Å². The molecule has 0 aromatic carbocycles. The molecule has 0 atom stereocenters. The third-order valence-corrected chi connectivity index (χ3v) is 9.94. The van der Waals surface area contributed by atoms with Crippen LogP contribution in [0.5, 0.6) is 0 Å². The Morgan fingerprint density at radius 2 is 1.20 bits per heavy atom. The van der Waals surface area contributed by atoms with Crippen molar-refractivity contribution in [3.05, 3.63) is 68.2 Å². The Kier molecular flexibility index (Phi) is 11.7. The lowest BCUT2D eigenvalue weighted by Crippen LogP contribution is -2.28. The SMILES string of the molecule is CC(=C1C(=O)C(C=C2C=C(C(C)(C)C)SC(C(C)(C)C)=C2)=C1N)c1cc(SC(C)(C)C)[o+]c(SC(C)(C)C)c1.F[B-](F)(F)F. The minimum absolute atomic E-state index is 0.00276. The van der Waals surface area contributed by atoms with Gasteiger partial charge in [-0.1, -0.05) is 94.8 Å². The third-order valence-electron chi connectivity index (χ3n) is 6.01. The van der Waals surface area contributed by atoms with Gasteiger partial charge < -0.3 is 23.0 Å². The second kappa shape index (κ2) is 13.5. The average molecular weight is 672 g/mol. The molecule has 2 N–H and O–H groups in total. The Morgan fingerprint density at radius 1 is 0.818 bits per heavy atom. The number of Topliss-reactive ketones (excluding diaryl/α,β-unsaturated/α-hetero) is 1. The van der Waals surface area contributed by atoms with Gasteiger partial charge in [0.1, 0.15) is 0 Å². The smallest absolute Gasteiger partial charge is 0.418 e. The molecule has 1 aliphatic heterocycles. The lowest BCUT2D eigenvalue weighted by Gasteiger charge is -2.32. The number of allylic oxidation sites excluding steroid dienone is 9. The molecular weight excluding hydrogens is 625 g/mol.